The van der Waals surface area contributed by atoms with E-state index in [0.717, 1.165) is 11.1 Å². The van der Waals surface area contributed by atoms with Crippen molar-refractivity contribution in [3.8, 4) is 0 Å². The summed E-state index contributed by atoms with van der Waals surface area (Å²) in [6.07, 6.45) is 5.40. The lowest BCUT2D eigenvalue weighted by Gasteiger charge is -2.09. The van der Waals surface area contributed by atoms with Crippen molar-refractivity contribution in [1.82, 2.24) is 20.2 Å². The van der Waals surface area contributed by atoms with Gasteiger partial charge in [-0.25, -0.2) is 9.37 Å². The Bertz CT molecular complexity index is 941. The molecule has 28 heavy (non-hydrogen) atoms. The molecule has 0 radical (unpaired) electrons. The van der Waals surface area contributed by atoms with Crippen LogP contribution < -0.4 is 10.6 Å². The normalized spacial score (nSPS) is 10.5. The summed E-state index contributed by atoms with van der Waals surface area (Å²) in [6.45, 7) is 0.956. The van der Waals surface area contributed by atoms with Crippen LogP contribution in [0.5, 0.6) is 0 Å². The maximum Gasteiger partial charge on any atom is 0.239 e. The molecule has 0 aliphatic rings. The molecule has 0 atom stereocenters. The Kier molecular flexibility index (Phi) is 6.51. The van der Waals surface area contributed by atoms with E-state index in [1.54, 1.807) is 24.7 Å². The third kappa shape index (κ3) is 6.05. The number of hydrogen-bond donors (Lipinski definition) is 2. The summed E-state index contributed by atoms with van der Waals surface area (Å²) in [5, 5.41) is 5.32. The van der Waals surface area contributed by atoms with Gasteiger partial charge in [0.05, 0.1) is 19.3 Å². The van der Waals surface area contributed by atoms with E-state index in [9.17, 15) is 14.0 Å². The van der Waals surface area contributed by atoms with Crippen molar-refractivity contribution >= 4 is 11.8 Å². The number of carbonyl (C=O) groups excluding carboxylic acids is 2. The molecular weight excluding hydrogens is 359 g/mol. The second-order valence-electron chi connectivity index (χ2n) is 6.42. The van der Waals surface area contributed by atoms with Gasteiger partial charge in [-0.1, -0.05) is 36.4 Å². The first kappa shape index (κ1) is 19.3. The van der Waals surface area contributed by atoms with Crippen LogP contribution in [0.15, 0.2) is 67.3 Å². The second kappa shape index (κ2) is 9.45. The predicted octanol–water partition coefficient (Wildman–Crippen LogP) is 2.05. The number of nitrogens with one attached hydrogen (secondary N) is 2. The number of benzene rings is 2. The molecule has 6 nitrogen and oxygen atoms in total. The number of imidazole rings is 1. The Balaban J connectivity index is 1.42. The first-order valence-electron chi connectivity index (χ1n) is 8.90. The van der Waals surface area contributed by atoms with Crippen molar-refractivity contribution in [2.75, 3.05) is 6.54 Å². The Hall–Kier alpha value is -3.48. The maximum absolute atomic E-state index is 13.1. The van der Waals surface area contributed by atoms with E-state index in [0.29, 0.717) is 18.7 Å². The van der Waals surface area contributed by atoms with Gasteiger partial charge in [-0.3, -0.25) is 9.59 Å². The predicted molar refractivity (Wildman–Crippen MR) is 103 cm³/mol. The molecule has 0 fully saturated rings. The molecule has 2 aromatic carbocycles. The minimum absolute atomic E-state index is 0.0291. The van der Waals surface area contributed by atoms with Gasteiger partial charge in [0, 0.05) is 25.5 Å². The summed E-state index contributed by atoms with van der Waals surface area (Å²) in [4.78, 5) is 27.9. The van der Waals surface area contributed by atoms with Crippen LogP contribution in [0.25, 0.3) is 0 Å². The SMILES string of the molecule is O=C(CNC(=O)Cc1cccc(F)c1)NCc1cccc(Cn2ccnc2)c1. The Labute approximate surface area is 162 Å². The molecule has 0 aliphatic carbocycles. The number of carbonyl (C=O) groups is 2. The third-order valence-electron chi connectivity index (χ3n) is 4.11. The van der Waals surface area contributed by atoms with Crippen LogP contribution >= 0.6 is 0 Å². The monoisotopic (exact) mass is 380 g/mol. The zero-order valence-electron chi connectivity index (χ0n) is 15.3. The van der Waals surface area contributed by atoms with E-state index in [4.69, 9.17) is 0 Å². The van der Waals surface area contributed by atoms with Gasteiger partial charge < -0.3 is 15.2 Å². The van der Waals surface area contributed by atoms with Gasteiger partial charge in [0.1, 0.15) is 5.82 Å². The van der Waals surface area contributed by atoms with E-state index < -0.39 is 5.82 Å². The largest absolute Gasteiger partial charge is 0.350 e. The van der Waals surface area contributed by atoms with Crippen LogP contribution in [0, 0.1) is 5.82 Å². The van der Waals surface area contributed by atoms with Crippen molar-refractivity contribution in [3.63, 3.8) is 0 Å². The van der Waals surface area contributed by atoms with Crippen molar-refractivity contribution in [1.29, 1.82) is 0 Å². The quantitative estimate of drug-likeness (QED) is 0.628. The fraction of sp³-hybridized carbons (Fsp3) is 0.190. The van der Waals surface area contributed by atoms with Crippen LogP contribution in [0.1, 0.15) is 16.7 Å². The second-order valence-corrected chi connectivity index (χ2v) is 6.42. The summed E-state index contributed by atoms with van der Waals surface area (Å²) in [7, 11) is 0. The van der Waals surface area contributed by atoms with E-state index >= 15 is 0 Å². The summed E-state index contributed by atoms with van der Waals surface area (Å²) < 4.78 is 15.1. The molecule has 144 valence electrons. The molecule has 0 saturated heterocycles. The first-order valence-corrected chi connectivity index (χ1v) is 8.90. The number of amides is 2. The number of rotatable bonds is 8. The molecule has 0 saturated carbocycles. The van der Waals surface area contributed by atoms with E-state index in [2.05, 4.69) is 15.6 Å². The van der Waals surface area contributed by atoms with Crippen LogP contribution in [-0.2, 0) is 29.1 Å². The first-order chi connectivity index (χ1) is 13.6. The fourth-order valence-corrected chi connectivity index (χ4v) is 2.77. The number of nitrogens with zero attached hydrogens (tertiary/aromatic N) is 2. The molecule has 3 rings (SSSR count). The van der Waals surface area contributed by atoms with Crippen LogP contribution in [0.3, 0.4) is 0 Å². The van der Waals surface area contributed by atoms with Gasteiger partial charge >= 0.3 is 0 Å². The lowest BCUT2D eigenvalue weighted by atomic mass is 10.1. The highest BCUT2D eigenvalue weighted by molar-refractivity contribution is 5.85. The van der Waals surface area contributed by atoms with Crippen LogP contribution in [0.2, 0.25) is 0 Å². The highest BCUT2D eigenvalue weighted by Crippen LogP contribution is 2.07. The summed E-state index contributed by atoms with van der Waals surface area (Å²) in [6, 6.07) is 13.7. The zero-order chi connectivity index (χ0) is 19.8. The fourth-order valence-electron chi connectivity index (χ4n) is 2.77. The van der Waals surface area contributed by atoms with Crippen molar-refractivity contribution < 1.29 is 14.0 Å². The lowest BCUT2D eigenvalue weighted by molar-refractivity contribution is -0.125. The standard InChI is InChI=1S/C21H21FN4O2/c22-19-6-2-3-16(10-19)11-20(27)25-13-21(28)24-12-17-4-1-5-18(9-17)14-26-8-7-23-15-26/h1-10,15H,11-14H2,(H,24,28)(H,25,27). The van der Waals surface area contributed by atoms with Crippen molar-refractivity contribution in [2.24, 2.45) is 0 Å². The third-order valence-corrected chi connectivity index (χ3v) is 4.11. The minimum atomic E-state index is -0.390. The molecule has 3 aromatic rings. The van der Waals surface area contributed by atoms with Gasteiger partial charge in [-0.15, -0.1) is 0 Å². The van der Waals surface area contributed by atoms with Crippen molar-refractivity contribution in [3.05, 3.63) is 89.8 Å². The minimum Gasteiger partial charge on any atom is -0.350 e. The highest BCUT2D eigenvalue weighted by Gasteiger charge is 2.07. The van der Waals surface area contributed by atoms with E-state index in [1.807, 2.05) is 35.0 Å². The smallest absolute Gasteiger partial charge is 0.239 e. The van der Waals surface area contributed by atoms with Crippen molar-refractivity contribution in [2.45, 2.75) is 19.5 Å². The van der Waals surface area contributed by atoms with Gasteiger partial charge in [-0.05, 0) is 28.8 Å². The van der Waals surface area contributed by atoms with E-state index in [-0.39, 0.29) is 24.8 Å². The highest BCUT2D eigenvalue weighted by atomic mass is 19.1. The molecule has 0 aliphatic heterocycles. The lowest BCUT2D eigenvalue weighted by Crippen LogP contribution is -2.37. The Morgan fingerprint density at radius 3 is 2.54 bits per heavy atom. The van der Waals surface area contributed by atoms with Gasteiger partial charge in [0.25, 0.3) is 0 Å². The molecule has 0 spiro atoms. The summed E-state index contributed by atoms with van der Waals surface area (Å²) in [5.74, 6) is -1.01. The molecule has 1 heterocycles. The topological polar surface area (TPSA) is 76.0 Å². The number of hydrogen-bond acceptors (Lipinski definition) is 3. The Morgan fingerprint density at radius 2 is 1.75 bits per heavy atom. The van der Waals surface area contributed by atoms with Crippen LogP contribution in [0.4, 0.5) is 4.39 Å². The average molecular weight is 380 g/mol. The molecule has 0 unspecified atom stereocenters. The summed E-state index contributed by atoms with van der Waals surface area (Å²) in [5.41, 5.74) is 2.64. The molecule has 2 N–H and O–H groups in total. The summed E-state index contributed by atoms with van der Waals surface area (Å²) >= 11 is 0. The molecule has 7 heteroatoms. The van der Waals surface area contributed by atoms with Crippen LogP contribution in [-0.4, -0.2) is 27.9 Å². The van der Waals surface area contributed by atoms with E-state index in [1.165, 1.54) is 12.1 Å². The van der Waals surface area contributed by atoms with Gasteiger partial charge in [-0.2, -0.15) is 0 Å². The average Bonchev–Trinajstić information content (AvgIpc) is 3.18. The maximum atomic E-state index is 13.1. The number of halogens is 1. The molecular formula is C21H21FN4O2. The molecule has 0 bridgehead atoms. The van der Waals surface area contributed by atoms with Gasteiger partial charge in [0.2, 0.25) is 11.8 Å². The zero-order valence-corrected chi connectivity index (χ0v) is 15.3. The molecule has 2 amide bonds. The number of aromatic nitrogens is 2. The van der Waals surface area contributed by atoms with Gasteiger partial charge in [0.15, 0.2) is 0 Å². The Morgan fingerprint density at radius 1 is 0.964 bits per heavy atom. The molecule has 1 aromatic heterocycles.